The van der Waals surface area contributed by atoms with Crippen molar-refractivity contribution < 1.29 is 17.9 Å². The minimum atomic E-state index is -3.33. The number of anilines is 1. The highest BCUT2D eigenvalue weighted by Gasteiger charge is 2.32. The molecule has 2 heterocycles. The van der Waals surface area contributed by atoms with E-state index in [2.05, 4.69) is 10.3 Å². The van der Waals surface area contributed by atoms with Crippen molar-refractivity contribution in [2.24, 2.45) is 0 Å². The predicted molar refractivity (Wildman–Crippen MR) is 143 cm³/mol. The van der Waals surface area contributed by atoms with E-state index in [1.54, 1.807) is 50.2 Å². The number of thiophene rings is 1. The number of sulfone groups is 1. The molecule has 0 unspecified atom stereocenters. The van der Waals surface area contributed by atoms with Gasteiger partial charge in [0.25, 0.3) is 5.91 Å². The normalized spacial score (nSPS) is 12.1. The number of fused-ring (bicyclic) bond motifs is 1. The van der Waals surface area contributed by atoms with Crippen LogP contribution in [0, 0.1) is 0 Å². The van der Waals surface area contributed by atoms with Gasteiger partial charge in [0.05, 0.1) is 9.62 Å². The summed E-state index contributed by atoms with van der Waals surface area (Å²) >= 11 is 19.4. The van der Waals surface area contributed by atoms with Crippen LogP contribution in [0.25, 0.3) is 10.1 Å². The number of ether oxygens (including phenoxy) is 1. The number of pyridine rings is 1. The first-order valence-electron chi connectivity index (χ1n) is 10.2. The number of amides is 1. The molecule has 0 aliphatic rings. The molecular weight excluding hydrogens is 551 g/mol. The smallest absolute Gasteiger partial charge is 0.265 e. The summed E-state index contributed by atoms with van der Waals surface area (Å²) in [5, 5.41) is 4.50. The lowest BCUT2D eigenvalue weighted by molar-refractivity contribution is 0.103. The molecule has 1 amide bonds. The molecule has 0 spiro atoms. The third kappa shape index (κ3) is 5.73. The molecular formula is C24H19Cl3N2O4S2. The third-order valence-corrected chi connectivity index (χ3v) is 9.28. The van der Waals surface area contributed by atoms with Gasteiger partial charge in [0.1, 0.15) is 10.9 Å². The molecule has 0 aliphatic heterocycles. The Bertz CT molecular complexity index is 1550. The Kier molecular flexibility index (Phi) is 7.05. The van der Waals surface area contributed by atoms with Crippen molar-refractivity contribution in [1.29, 1.82) is 0 Å². The SMILES string of the molecule is CC(C)(c1ccc2sc(C(=O)Nc3cc(Cl)nc(Oc4cc(Cl)cc(Cl)c4)c3)cc2c1)S(C)(=O)=O. The Morgan fingerprint density at radius 3 is 2.34 bits per heavy atom. The molecule has 11 heteroatoms. The monoisotopic (exact) mass is 568 g/mol. The molecule has 182 valence electrons. The molecule has 0 fully saturated rings. The van der Waals surface area contributed by atoms with E-state index in [0.717, 1.165) is 10.1 Å². The molecule has 0 saturated heterocycles. The Morgan fingerprint density at radius 1 is 1.00 bits per heavy atom. The molecule has 35 heavy (non-hydrogen) atoms. The van der Waals surface area contributed by atoms with Crippen molar-refractivity contribution in [2.45, 2.75) is 18.6 Å². The zero-order valence-electron chi connectivity index (χ0n) is 18.7. The van der Waals surface area contributed by atoms with E-state index in [0.29, 0.717) is 31.9 Å². The van der Waals surface area contributed by atoms with Crippen LogP contribution in [0.2, 0.25) is 15.2 Å². The molecule has 4 aromatic rings. The van der Waals surface area contributed by atoms with E-state index in [1.807, 2.05) is 6.07 Å². The topological polar surface area (TPSA) is 85.4 Å². The molecule has 0 aliphatic carbocycles. The van der Waals surface area contributed by atoms with Gasteiger partial charge >= 0.3 is 0 Å². The largest absolute Gasteiger partial charge is 0.439 e. The van der Waals surface area contributed by atoms with E-state index in [-0.39, 0.29) is 16.9 Å². The first-order chi connectivity index (χ1) is 16.3. The number of nitrogens with zero attached hydrogens (tertiary/aromatic N) is 1. The van der Waals surface area contributed by atoms with Crippen LogP contribution in [0.15, 0.2) is 54.6 Å². The van der Waals surface area contributed by atoms with Gasteiger partial charge in [-0.25, -0.2) is 13.4 Å². The second-order valence-corrected chi connectivity index (χ2v) is 13.2. The summed E-state index contributed by atoms with van der Waals surface area (Å²) < 4.78 is 29.9. The lowest BCUT2D eigenvalue weighted by Crippen LogP contribution is -2.27. The van der Waals surface area contributed by atoms with Crippen molar-refractivity contribution in [1.82, 2.24) is 4.98 Å². The van der Waals surface area contributed by atoms with Crippen LogP contribution in [0.3, 0.4) is 0 Å². The number of hydrogen-bond donors (Lipinski definition) is 1. The quantitative estimate of drug-likeness (QED) is 0.242. The van der Waals surface area contributed by atoms with Gasteiger partial charge in [-0.3, -0.25) is 4.79 Å². The predicted octanol–water partition coefficient (Wildman–Crippen LogP) is 7.58. The Labute approximate surface area is 221 Å². The van der Waals surface area contributed by atoms with Crippen molar-refractivity contribution >= 4 is 77.7 Å². The lowest BCUT2D eigenvalue weighted by atomic mass is 10.0. The first-order valence-corrected chi connectivity index (χ1v) is 14.0. The van der Waals surface area contributed by atoms with Crippen LogP contribution in [0.4, 0.5) is 5.69 Å². The Morgan fingerprint density at radius 2 is 1.69 bits per heavy atom. The molecule has 0 saturated carbocycles. The number of carbonyl (C=O) groups is 1. The fourth-order valence-corrected chi connectivity index (χ4v) is 5.44. The average molecular weight is 570 g/mol. The van der Waals surface area contributed by atoms with Crippen molar-refractivity contribution in [3.05, 3.63) is 80.2 Å². The summed E-state index contributed by atoms with van der Waals surface area (Å²) in [7, 11) is -3.33. The maximum Gasteiger partial charge on any atom is 0.265 e. The summed E-state index contributed by atoms with van der Waals surface area (Å²) in [4.78, 5) is 17.5. The summed E-state index contributed by atoms with van der Waals surface area (Å²) in [5.74, 6) is 0.163. The van der Waals surface area contributed by atoms with Crippen LogP contribution >= 0.6 is 46.1 Å². The lowest BCUT2D eigenvalue weighted by Gasteiger charge is -2.23. The van der Waals surface area contributed by atoms with Crippen molar-refractivity contribution in [2.75, 3.05) is 11.6 Å². The first kappa shape index (κ1) is 25.7. The number of aromatic nitrogens is 1. The highest BCUT2D eigenvalue weighted by molar-refractivity contribution is 7.91. The maximum atomic E-state index is 13.0. The second-order valence-electron chi connectivity index (χ2n) is 8.32. The number of carbonyl (C=O) groups excluding carboxylic acids is 1. The minimum absolute atomic E-state index is 0.120. The van der Waals surface area contributed by atoms with Crippen molar-refractivity contribution in [3.63, 3.8) is 0 Å². The van der Waals surface area contributed by atoms with Gasteiger partial charge in [-0.2, -0.15) is 0 Å². The fraction of sp³-hybridized carbons (Fsp3) is 0.167. The van der Waals surface area contributed by atoms with Gasteiger partial charge in [0.15, 0.2) is 9.84 Å². The average Bonchev–Trinajstić information content (AvgIpc) is 3.15. The Balaban J connectivity index is 1.58. The highest BCUT2D eigenvalue weighted by Crippen LogP contribution is 2.35. The van der Waals surface area contributed by atoms with Gasteiger partial charge in [-0.1, -0.05) is 40.9 Å². The summed E-state index contributed by atoms with van der Waals surface area (Å²) in [6, 6.07) is 14.9. The van der Waals surface area contributed by atoms with E-state index >= 15 is 0 Å². The number of hydrogen-bond acceptors (Lipinski definition) is 6. The van der Waals surface area contributed by atoms with Crippen LogP contribution in [0.5, 0.6) is 11.6 Å². The summed E-state index contributed by atoms with van der Waals surface area (Å²) in [6.07, 6.45) is 1.21. The number of benzene rings is 2. The second kappa shape index (κ2) is 9.59. The van der Waals surface area contributed by atoms with E-state index < -0.39 is 14.6 Å². The van der Waals surface area contributed by atoms with E-state index in [9.17, 15) is 13.2 Å². The minimum Gasteiger partial charge on any atom is -0.439 e. The molecule has 6 nitrogen and oxygen atoms in total. The number of rotatable bonds is 6. The molecule has 2 aromatic heterocycles. The standard InChI is InChI=1S/C24H19Cl3N2O4S2/c1-24(2,35(3,31)32)14-4-5-19-13(6-14)7-20(34-19)23(30)28-17-11-21(27)29-22(12-17)33-18-9-15(25)8-16(26)10-18/h4-12H,1-3H3,(H,28,29,30). The third-order valence-electron chi connectivity index (χ3n) is 5.45. The molecule has 0 bridgehead atoms. The fourth-order valence-electron chi connectivity index (χ4n) is 3.24. The molecule has 0 radical (unpaired) electrons. The molecule has 1 N–H and O–H groups in total. The van der Waals surface area contributed by atoms with E-state index in [4.69, 9.17) is 39.5 Å². The zero-order chi connectivity index (χ0) is 25.5. The van der Waals surface area contributed by atoms with Crippen LogP contribution < -0.4 is 10.1 Å². The molecule has 2 aromatic carbocycles. The maximum absolute atomic E-state index is 13.0. The number of nitrogens with one attached hydrogen (secondary N) is 1. The van der Waals surface area contributed by atoms with Gasteiger partial charge in [-0.05, 0) is 67.3 Å². The zero-order valence-corrected chi connectivity index (χ0v) is 22.6. The van der Waals surface area contributed by atoms with Gasteiger partial charge in [0.2, 0.25) is 5.88 Å². The van der Waals surface area contributed by atoms with Gasteiger partial charge in [-0.15, -0.1) is 11.3 Å². The van der Waals surface area contributed by atoms with Gasteiger partial charge < -0.3 is 10.1 Å². The molecule has 4 rings (SSSR count). The Hall–Kier alpha value is -2.36. The van der Waals surface area contributed by atoms with Crippen molar-refractivity contribution in [3.8, 4) is 11.6 Å². The van der Waals surface area contributed by atoms with Gasteiger partial charge in [0, 0.05) is 32.8 Å². The number of halogens is 3. The van der Waals surface area contributed by atoms with Crippen LogP contribution in [0.1, 0.15) is 29.1 Å². The van der Waals surface area contributed by atoms with Crippen LogP contribution in [-0.2, 0) is 14.6 Å². The molecule has 0 atom stereocenters. The van der Waals surface area contributed by atoms with E-state index in [1.165, 1.54) is 29.7 Å². The summed E-state index contributed by atoms with van der Waals surface area (Å²) in [6.45, 7) is 3.32. The highest BCUT2D eigenvalue weighted by atomic mass is 35.5. The van der Waals surface area contributed by atoms with Crippen LogP contribution in [-0.4, -0.2) is 25.6 Å². The summed E-state index contributed by atoms with van der Waals surface area (Å²) in [5.41, 5.74) is 1.04.